The monoisotopic (exact) mass is 437 g/mol. The number of nitrogens with two attached hydrogens (primary N) is 1. The summed E-state index contributed by atoms with van der Waals surface area (Å²) in [5.74, 6) is -0.558. The molecule has 2 amide bonds. The number of hydrogen-bond acceptors (Lipinski definition) is 4. The third-order valence-electron chi connectivity index (χ3n) is 5.67. The van der Waals surface area contributed by atoms with E-state index < -0.39 is 0 Å². The molecule has 1 atom stereocenters. The first-order valence-corrected chi connectivity index (χ1v) is 10.6. The van der Waals surface area contributed by atoms with Gasteiger partial charge in [-0.3, -0.25) is 14.5 Å². The molecule has 0 spiro atoms. The number of nitrogens with one attached hydrogen (secondary N) is 1. The van der Waals surface area contributed by atoms with Crippen molar-refractivity contribution in [2.45, 2.75) is 32.4 Å². The van der Waals surface area contributed by atoms with Crippen LogP contribution in [0.3, 0.4) is 0 Å². The number of carbonyl (C=O) groups excluding carboxylic acids is 2. The molecule has 0 radical (unpaired) electrons. The summed E-state index contributed by atoms with van der Waals surface area (Å²) < 4.78 is 1.66. The number of benzene rings is 2. The fourth-order valence-corrected chi connectivity index (χ4v) is 4.24. The minimum absolute atomic E-state index is 0.254. The molecule has 0 aliphatic carbocycles. The van der Waals surface area contributed by atoms with Crippen molar-refractivity contribution in [3.8, 4) is 5.69 Å². The lowest BCUT2D eigenvalue weighted by Crippen LogP contribution is -2.39. The molecule has 7 nitrogen and oxygen atoms in total. The highest BCUT2D eigenvalue weighted by Crippen LogP contribution is 2.25. The Morgan fingerprint density at radius 2 is 1.94 bits per heavy atom. The molecule has 3 N–H and O–H groups in total. The molecule has 31 heavy (non-hydrogen) atoms. The zero-order chi connectivity index (χ0) is 22.0. The standard InChI is InChI=1S/C23H24ClN5O2/c1-15-17(13-26-29(15)20-10-5-3-8-18(20)24)23(31)27-19-9-4-2-7-16(19)14-28-12-6-11-21(28)22(25)30/h2-5,7-10,13,21H,6,11-12,14H2,1H3,(H2,25,30)(H,27,31). The molecule has 1 aliphatic rings. The third kappa shape index (κ3) is 4.33. The zero-order valence-corrected chi connectivity index (χ0v) is 18.0. The van der Waals surface area contributed by atoms with Gasteiger partial charge in [0.05, 0.1) is 34.2 Å². The Morgan fingerprint density at radius 3 is 2.71 bits per heavy atom. The summed E-state index contributed by atoms with van der Waals surface area (Å²) >= 11 is 6.29. The molecular formula is C23H24ClN5O2. The van der Waals surface area contributed by atoms with Crippen LogP contribution in [0.4, 0.5) is 5.69 Å². The van der Waals surface area contributed by atoms with Crippen LogP contribution in [0.2, 0.25) is 5.02 Å². The second-order valence-corrected chi connectivity index (χ2v) is 8.06. The lowest BCUT2D eigenvalue weighted by Gasteiger charge is -2.23. The molecule has 0 bridgehead atoms. The number of nitrogens with zero attached hydrogens (tertiary/aromatic N) is 3. The Kier molecular flexibility index (Phi) is 6.06. The summed E-state index contributed by atoms with van der Waals surface area (Å²) in [4.78, 5) is 26.8. The van der Waals surface area contributed by atoms with Crippen LogP contribution in [-0.2, 0) is 11.3 Å². The highest BCUT2D eigenvalue weighted by Gasteiger charge is 2.29. The summed E-state index contributed by atoms with van der Waals surface area (Å²) in [6, 6.07) is 14.7. The maximum atomic E-state index is 13.0. The number of primary amides is 1. The van der Waals surface area contributed by atoms with Gasteiger partial charge in [-0.25, -0.2) is 4.68 Å². The molecule has 1 fully saturated rings. The van der Waals surface area contributed by atoms with Crippen LogP contribution in [-0.4, -0.2) is 39.1 Å². The Morgan fingerprint density at radius 1 is 1.19 bits per heavy atom. The summed E-state index contributed by atoms with van der Waals surface area (Å²) in [5.41, 5.74) is 9.05. The first-order chi connectivity index (χ1) is 15.0. The minimum atomic E-state index is -0.304. The summed E-state index contributed by atoms with van der Waals surface area (Å²) in [7, 11) is 0. The number of hydrogen-bond donors (Lipinski definition) is 2. The molecule has 2 heterocycles. The van der Waals surface area contributed by atoms with Crippen molar-refractivity contribution >= 4 is 29.1 Å². The highest BCUT2D eigenvalue weighted by molar-refractivity contribution is 6.32. The van der Waals surface area contributed by atoms with Gasteiger partial charge in [0.25, 0.3) is 5.91 Å². The van der Waals surface area contributed by atoms with Crippen molar-refractivity contribution in [2.24, 2.45) is 5.73 Å². The van der Waals surface area contributed by atoms with Gasteiger partial charge in [0.2, 0.25) is 5.91 Å². The molecule has 1 saturated heterocycles. The van der Waals surface area contributed by atoms with Gasteiger partial charge in [0.1, 0.15) is 0 Å². The number of aromatic nitrogens is 2. The number of rotatable bonds is 6. The number of halogens is 1. The van der Waals surface area contributed by atoms with E-state index >= 15 is 0 Å². The maximum absolute atomic E-state index is 13.0. The van der Waals surface area contributed by atoms with Crippen LogP contribution in [0.15, 0.2) is 54.7 Å². The number of likely N-dealkylation sites (tertiary alicyclic amines) is 1. The zero-order valence-electron chi connectivity index (χ0n) is 17.2. The van der Waals surface area contributed by atoms with E-state index in [1.165, 1.54) is 0 Å². The average molecular weight is 438 g/mol. The molecule has 3 aromatic rings. The molecule has 2 aromatic carbocycles. The van der Waals surface area contributed by atoms with E-state index in [-0.39, 0.29) is 17.9 Å². The lowest BCUT2D eigenvalue weighted by molar-refractivity contribution is -0.122. The van der Waals surface area contributed by atoms with E-state index in [9.17, 15) is 9.59 Å². The topological polar surface area (TPSA) is 93.2 Å². The molecule has 160 valence electrons. The number of anilines is 1. The summed E-state index contributed by atoms with van der Waals surface area (Å²) in [6.45, 7) is 3.18. The van der Waals surface area contributed by atoms with Crippen LogP contribution in [0.5, 0.6) is 0 Å². The second kappa shape index (κ2) is 8.91. The summed E-state index contributed by atoms with van der Waals surface area (Å²) in [5, 5.41) is 7.91. The smallest absolute Gasteiger partial charge is 0.259 e. The molecule has 1 unspecified atom stereocenters. The SMILES string of the molecule is Cc1c(C(=O)Nc2ccccc2CN2CCCC2C(N)=O)cnn1-c1ccccc1Cl. The van der Waals surface area contributed by atoms with Gasteiger partial charge in [-0.05, 0) is 50.1 Å². The quantitative estimate of drug-likeness (QED) is 0.616. The second-order valence-electron chi connectivity index (χ2n) is 7.65. The first-order valence-electron chi connectivity index (χ1n) is 10.2. The van der Waals surface area contributed by atoms with Crippen LogP contribution in [0.1, 0.15) is 34.5 Å². The molecule has 1 aromatic heterocycles. The van der Waals surface area contributed by atoms with E-state index in [0.717, 1.165) is 24.9 Å². The van der Waals surface area contributed by atoms with Gasteiger partial charge in [-0.2, -0.15) is 5.10 Å². The summed E-state index contributed by atoms with van der Waals surface area (Å²) in [6.07, 6.45) is 3.24. The Labute approximate surface area is 185 Å². The van der Waals surface area contributed by atoms with Crippen molar-refractivity contribution in [1.82, 2.24) is 14.7 Å². The van der Waals surface area contributed by atoms with Crippen LogP contribution in [0.25, 0.3) is 5.69 Å². The van der Waals surface area contributed by atoms with Gasteiger partial charge < -0.3 is 11.1 Å². The van der Waals surface area contributed by atoms with Crippen molar-refractivity contribution in [3.05, 3.63) is 76.6 Å². The van der Waals surface area contributed by atoms with Crippen LogP contribution >= 0.6 is 11.6 Å². The predicted molar refractivity (Wildman–Crippen MR) is 120 cm³/mol. The van der Waals surface area contributed by atoms with Gasteiger partial charge in [-0.1, -0.05) is 41.9 Å². The van der Waals surface area contributed by atoms with Crippen molar-refractivity contribution in [1.29, 1.82) is 0 Å². The highest BCUT2D eigenvalue weighted by atomic mass is 35.5. The van der Waals surface area contributed by atoms with Crippen molar-refractivity contribution in [2.75, 3.05) is 11.9 Å². The van der Waals surface area contributed by atoms with E-state index in [1.807, 2.05) is 49.4 Å². The Bertz CT molecular complexity index is 1130. The van der Waals surface area contributed by atoms with E-state index in [0.29, 0.717) is 34.2 Å². The molecule has 1 aliphatic heterocycles. The minimum Gasteiger partial charge on any atom is -0.368 e. The van der Waals surface area contributed by atoms with E-state index in [4.69, 9.17) is 17.3 Å². The van der Waals surface area contributed by atoms with Crippen molar-refractivity contribution in [3.63, 3.8) is 0 Å². The van der Waals surface area contributed by atoms with Gasteiger partial charge in [0, 0.05) is 12.2 Å². The fraction of sp³-hybridized carbons (Fsp3) is 0.261. The Hall–Kier alpha value is -3.16. The van der Waals surface area contributed by atoms with Gasteiger partial charge in [0.15, 0.2) is 0 Å². The number of para-hydroxylation sites is 2. The number of amides is 2. The molecule has 0 saturated carbocycles. The van der Waals surface area contributed by atoms with E-state index in [2.05, 4.69) is 15.3 Å². The largest absolute Gasteiger partial charge is 0.368 e. The molecular weight excluding hydrogens is 414 g/mol. The predicted octanol–water partition coefficient (Wildman–Crippen LogP) is 3.54. The van der Waals surface area contributed by atoms with Gasteiger partial charge >= 0.3 is 0 Å². The number of carbonyl (C=O) groups is 2. The van der Waals surface area contributed by atoms with Gasteiger partial charge in [-0.15, -0.1) is 0 Å². The van der Waals surface area contributed by atoms with Crippen LogP contribution < -0.4 is 11.1 Å². The van der Waals surface area contributed by atoms with E-state index in [1.54, 1.807) is 16.9 Å². The first kappa shape index (κ1) is 21.1. The Balaban J connectivity index is 1.55. The van der Waals surface area contributed by atoms with Crippen LogP contribution in [0, 0.1) is 6.92 Å². The lowest BCUT2D eigenvalue weighted by atomic mass is 10.1. The average Bonchev–Trinajstić information content (AvgIpc) is 3.36. The maximum Gasteiger partial charge on any atom is 0.259 e. The molecule has 4 rings (SSSR count). The molecule has 8 heteroatoms. The normalized spacial score (nSPS) is 16.4. The van der Waals surface area contributed by atoms with Crippen molar-refractivity contribution < 1.29 is 9.59 Å². The third-order valence-corrected chi connectivity index (χ3v) is 5.99. The fourth-order valence-electron chi connectivity index (χ4n) is 4.03.